The Balaban J connectivity index is 1.80. The third-order valence-electron chi connectivity index (χ3n) is 5.27. The maximum atomic E-state index is 15.2. The summed E-state index contributed by atoms with van der Waals surface area (Å²) in [6.45, 7) is 6.34. The van der Waals surface area contributed by atoms with E-state index in [1.54, 1.807) is 23.6 Å². The van der Waals surface area contributed by atoms with Crippen LogP contribution < -0.4 is 5.32 Å². The standard InChI is InChI=1S/C26H25Cl2FN2O4S/c1-26(2,3)9-8-14-6-5-7-16(22(14)29)20-13-36-25(30-20)31-23(32)15-10-18(27)17(19(28)11-15)12-21(35-4)24(33)34/h5-7,10-13H,8-9H2,1-4H3,(H,33,34)(H,30,31,32). The number of thiazole rings is 1. The molecule has 0 radical (unpaired) electrons. The van der Waals surface area contributed by atoms with Crippen LogP contribution in [-0.2, 0) is 16.0 Å². The van der Waals surface area contributed by atoms with Crippen LogP contribution in [0.3, 0.4) is 0 Å². The molecule has 1 amide bonds. The van der Waals surface area contributed by atoms with Gasteiger partial charge in [0.2, 0.25) is 5.76 Å². The minimum absolute atomic E-state index is 0.0671. The molecular formula is C26H25Cl2FN2O4S. The molecule has 0 saturated heterocycles. The topological polar surface area (TPSA) is 88.5 Å². The molecule has 0 aliphatic carbocycles. The van der Waals surface area contributed by atoms with E-state index in [0.29, 0.717) is 23.2 Å². The number of nitrogens with one attached hydrogen (secondary N) is 1. The van der Waals surface area contributed by atoms with Crippen molar-refractivity contribution in [3.63, 3.8) is 0 Å². The maximum Gasteiger partial charge on any atom is 0.371 e. The molecule has 0 aliphatic heterocycles. The molecule has 36 heavy (non-hydrogen) atoms. The lowest BCUT2D eigenvalue weighted by atomic mass is 9.88. The van der Waals surface area contributed by atoms with Gasteiger partial charge in [0.25, 0.3) is 5.91 Å². The van der Waals surface area contributed by atoms with E-state index < -0.39 is 11.9 Å². The van der Waals surface area contributed by atoms with E-state index in [4.69, 9.17) is 33.0 Å². The van der Waals surface area contributed by atoms with Gasteiger partial charge in [-0.05, 0) is 48.1 Å². The molecule has 3 aromatic rings. The summed E-state index contributed by atoms with van der Waals surface area (Å²) >= 11 is 13.6. The summed E-state index contributed by atoms with van der Waals surface area (Å²) in [5.41, 5.74) is 1.84. The van der Waals surface area contributed by atoms with E-state index in [-0.39, 0.29) is 43.3 Å². The van der Waals surface area contributed by atoms with E-state index >= 15 is 4.39 Å². The van der Waals surface area contributed by atoms with Gasteiger partial charge in [-0.15, -0.1) is 11.3 Å². The molecule has 0 spiro atoms. The Bertz CT molecular complexity index is 1310. The Morgan fingerprint density at radius 2 is 1.89 bits per heavy atom. The van der Waals surface area contributed by atoms with Gasteiger partial charge in [-0.2, -0.15) is 0 Å². The highest BCUT2D eigenvalue weighted by Crippen LogP contribution is 2.32. The average molecular weight is 551 g/mol. The number of hydrogen-bond donors (Lipinski definition) is 2. The van der Waals surface area contributed by atoms with Crippen LogP contribution in [0.15, 0.2) is 41.5 Å². The van der Waals surface area contributed by atoms with E-state index in [9.17, 15) is 9.59 Å². The molecule has 0 bridgehead atoms. The minimum Gasteiger partial charge on any atom is -0.490 e. The van der Waals surface area contributed by atoms with Crippen LogP contribution in [0.1, 0.15) is 48.7 Å². The fraction of sp³-hybridized carbons (Fsp3) is 0.269. The first-order valence-electron chi connectivity index (χ1n) is 10.9. The Hall–Kier alpha value is -2.94. The van der Waals surface area contributed by atoms with Crippen LogP contribution in [0.2, 0.25) is 10.0 Å². The van der Waals surface area contributed by atoms with Gasteiger partial charge in [-0.1, -0.05) is 56.1 Å². The molecule has 10 heteroatoms. The number of carbonyl (C=O) groups excluding carboxylic acids is 1. The van der Waals surface area contributed by atoms with Gasteiger partial charge in [0.15, 0.2) is 5.13 Å². The molecule has 0 aliphatic rings. The van der Waals surface area contributed by atoms with E-state index in [0.717, 1.165) is 17.8 Å². The first-order valence-corrected chi connectivity index (χ1v) is 12.6. The highest BCUT2D eigenvalue weighted by molar-refractivity contribution is 7.14. The zero-order valence-corrected chi connectivity index (χ0v) is 22.4. The first-order chi connectivity index (χ1) is 16.9. The molecule has 0 saturated carbocycles. The predicted octanol–water partition coefficient (Wildman–Crippen LogP) is 7.56. The number of hydrogen-bond acceptors (Lipinski definition) is 5. The quantitative estimate of drug-likeness (QED) is 0.223. The first kappa shape index (κ1) is 27.6. The van der Waals surface area contributed by atoms with Crippen molar-refractivity contribution in [2.45, 2.75) is 33.6 Å². The number of nitrogens with zero attached hydrogens (tertiary/aromatic N) is 1. The number of anilines is 1. The molecular weight excluding hydrogens is 526 g/mol. The molecule has 0 atom stereocenters. The number of aliphatic carboxylic acids is 1. The number of methoxy groups -OCH3 is 1. The Morgan fingerprint density at radius 3 is 2.47 bits per heavy atom. The summed E-state index contributed by atoms with van der Waals surface area (Å²) in [7, 11) is 1.21. The van der Waals surface area contributed by atoms with Crippen LogP contribution in [0.25, 0.3) is 17.3 Å². The third kappa shape index (κ3) is 6.84. The lowest BCUT2D eigenvalue weighted by molar-refractivity contribution is -0.135. The van der Waals surface area contributed by atoms with Gasteiger partial charge in [0.05, 0.1) is 22.8 Å². The van der Waals surface area contributed by atoms with Gasteiger partial charge < -0.3 is 9.84 Å². The molecule has 2 N–H and O–H groups in total. The average Bonchev–Trinajstić information content (AvgIpc) is 3.25. The number of amides is 1. The van der Waals surface area contributed by atoms with Crippen molar-refractivity contribution < 1.29 is 23.8 Å². The van der Waals surface area contributed by atoms with Crippen molar-refractivity contribution >= 4 is 57.6 Å². The van der Waals surface area contributed by atoms with Crippen molar-refractivity contribution in [2.75, 3.05) is 12.4 Å². The van der Waals surface area contributed by atoms with Crippen LogP contribution in [0.4, 0.5) is 9.52 Å². The number of benzene rings is 2. The second-order valence-corrected chi connectivity index (χ2v) is 10.9. The second kappa shape index (κ2) is 11.4. The number of aromatic nitrogens is 1. The van der Waals surface area contributed by atoms with E-state index in [1.807, 2.05) is 0 Å². The number of carboxylic acids is 1. The van der Waals surface area contributed by atoms with Crippen LogP contribution >= 0.6 is 34.5 Å². The summed E-state index contributed by atoms with van der Waals surface area (Å²) in [6, 6.07) is 7.95. The Morgan fingerprint density at radius 1 is 1.22 bits per heavy atom. The van der Waals surface area contributed by atoms with Crippen molar-refractivity contribution in [3.8, 4) is 11.3 Å². The van der Waals surface area contributed by atoms with Gasteiger partial charge in [0.1, 0.15) is 5.82 Å². The predicted molar refractivity (Wildman–Crippen MR) is 142 cm³/mol. The second-order valence-electron chi connectivity index (χ2n) is 9.20. The largest absolute Gasteiger partial charge is 0.490 e. The highest BCUT2D eigenvalue weighted by atomic mass is 35.5. The maximum absolute atomic E-state index is 15.2. The number of ether oxygens (including phenoxy) is 1. The summed E-state index contributed by atoms with van der Waals surface area (Å²) < 4.78 is 20.0. The van der Waals surface area contributed by atoms with Gasteiger partial charge in [-0.3, -0.25) is 10.1 Å². The lowest BCUT2D eigenvalue weighted by Gasteiger charge is -2.18. The number of rotatable bonds is 8. The van der Waals surface area contributed by atoms with Gasteiger partial charge >= 0.3 is 5.97 Å². The molecule has 1 aromatic heterocycles. The minimum atomic E-state index is -1.29. The SMILES string of the molecule is COC(=Cc1c(Cl)cc(C(=O)Nc2nc(-c3cccc(CCC(C)(C)C)c3F)cs2)cc1Cl)C(=O)O. The molecule has 0 unspecified atom stereocenters. The molecule has 6 nitrogen and oxygen atoms in total. The van der Waals surface area contributed by atoms with Crippen molar-refractivity contribution in [3.05, 3.63) is 74.0 Å². The summed E-state index contributed by atoms with van der Waals surface area (Å²) in [5.74, 6) is -2.49. The van der Waals surface area contributed by atoms with Gasteiger partial charge in [0, 0.05) is 22.1 Å². The smallest absolute Gasteiger partial charge is 0.371 e. The zero-order valence-electron chi connectivity index (χ0n) is 20.1. The summed E-state index contributed by atoms with van der Waals surface area (Å²) in [5, 5.41) is 13.9. The fourth-order valence-corrected chi connectivity index (χ4v) is 4.60. The molecule has 1 heterocycles. The molecule has 190 valence electrons. The number of carboxylic acid groups (broad SMARTS) is 1. The lowest BCUT2D eigenvalue weighted by Crippen LogP contribution is -2.12. The van der Waals surface area contributed by atoms with E-state index in [1.165, 1.54) is 25.3 Å². The van der Waals surface area contributed by atoms with E-state index in [2.05, 4.69) is 31.1 Å². The number of halogens is 3. The Kier molecular flexibility index (Phi) is 8.76. The molecule has 3 rings (SSSR count). The van der Waals surface area contributed by atoms with Gasteiger partial charge in [-0.25, -0.2) is 14.2 Å². The Labute approximate surface area is 222 Å². The molecule has 0 fully saturated rings. The van der Waals surface area contributed by atoms with Crippen LogP contribution in [0, 0.1) is 11.2 Å². The normalized spacial score (nSPS) is 11.9. The zero-order chi connectivity index (χ0) is 26.6. The summed E-state index contributed by atoms with van der Waals surface area (Å²) in [4.78, 5) is 28.4. The van der Waals surface area contributed by atoms with Crippen molar-refractivity contribution in [2.24, 2.45) is 5.41 Å². The van der Waals surface area contributed by atoms with Crippen molar-refractivity contribution in [1.29, 1.82) is 0 Å². The highest BCUT2D eigenvalue weighted by Gasteiger charge is 2.18. The van der Waals surface area contributed by atoms with Crippen LogP contribution in [-0.4, -0.2) is 29.1 Å². The number of carbonyl (C=O) groups is 2. The molecule has 2 aromatic carbocycles. The third-order valence-corrected chi connectivity index (χ3v) is 6.65. The fourth-order valence-electron chi connectivity index (χ4n) is 3.30. The van der Waals surface area contributed by atoms with Crippen LogP contribution in [0.5, 0.6) is 0 Å². The summed E-state index contributed by atoms with van der Waals surface area (Å²) in [6.07, 6.45) is 2.63. The monoisotopic (exact) mass is 550 g/mol. The number of aryl methyl sites for hydroxylation is 1. The van der Waals surface area contributed by atoms with Crippen molar-refractivity contribution in [1.82, 2.24) is 4.98 Å².